The summed E-state index contributed by atoms with van der Waals surface area (Å²) in [5.41, 5.74) is 21.9. The summed E-state index contributed by atoms with van der Waals surface area (Å²) in [5.74, 6) is 3.29. The Hall–Kier alpha value is -7.74. The molecule has 3 saturated carbocycles. The van der Waals surface area contributed by atoms with Crippen molar-refractivity contribution in [2.24, 2.45) is 23.7 Å². The van der Waals surface area contributed by atoms with Gasteiger partial charge in [-0.15, -0.1) is 0 Å². The van der Waals surface area contributed by atoms with Crippen LogP contribution in [0, 0.1) is 23.7 Å². The number of nitrogens with zero attached hydrogens (tertiary/aromatic N) is 1. The molecule has 0 aromatic heterocycles. The van der Waals surface area contributed by atoms with Crippen LogP contribution in [0.4, 0.5) is 17.1 Å². The Bertz CT molecular complexity index is 3560. The number of para-hydroxylation sites is 1. The normalized spacial score (nSPS) is 20.6. The molecule has 2 atom stereocenters. The lowest BCUT2D eigenvalue weighted by molar-refractivity contribution is -0.0227. The van der Waals surface area contributed by atoms with Gasteiger partial charge in [0.1, 0.15) is 0 Å². The molecule has 0 saturated heterocycles. The molecule has 336 valence electrons. The van der Waals surface area contributed by atoms with Crippen molar-refractivity contribution in [1.29, 1.82) is 0 Å². The lowest BCUT2D eigenvalue weighted by Crippen LogP contribution is -2.53. The Labute approximate surface area is 412 Å². The molecule has 10 aromatic rings. The standard InChI is InChI=1S/C69H55N/c1-2-15-49(16-3-1)59-20-6-7-21-60(59)61-22-8-9-23-62(61)64-25-11-13-28-68(64)70(55-39-35-47(36-40-55)46-29-31-51(32-30-46)58-26-14-18-50-17-4-5-19-57(50)58)56-41-42-67-65(45-56)63-24-10-12-27-66(63)69(67)53-37-33-48-34-38-54(69)44-52(48)43-53/h1-32,35-36,39-42,45,48,52-54H,33-34,37-38,43-44H2. The Balaban J connectivity index is 0.917. The van der Waals surface area contributed by atoms with Crippen molar-refractivity contribution in [3.05, 3.63) is 248 Å². The molecule has 3 bridgehead atoms. The fraction of sp³-hybridized carbons (Fsp3) is 0.159. The summed E-state index contributed by atoms with van der Waals surface area (Å²) in [5, 5.41) is 2.55. The largest absolute Gasteiger partial charge is 0.310 e. The van der Waals surface area contributed by atoms with Crippen LogP contribution in [0.3, 0.4) is 0 Å². The Kier molecular flexibility index (Phi) is 9.87. The Morgan fingerprint density at radius 3 is 1.56 bits per heavy atom. The number of fused-ring (bicyclic) bond motifs is 10. The second-order valence-corrected chi connectivity index (χ2v) is 20.6. The van der Waals surface area contributed by atoms with Crippen LogP contribution in [0.5, 0.6) is 0 Å². The summed E-state index contributed by atoms with van der Waals surface area (Å²) in [4.78, 5) is 2.54. The highest BCUT2D eigenvalue weighted by molar-refractivity contribution is 5.99. The molecule has 4 aliphatic carbocycles. The fourth-order valence-corrected chi connectivity index (χ4v) is 14.4. The van der Waals surface area contributed by atoms with Gasteiger partial charge in [0.05, 0.1) is 5.69 Å². The van der Waals surface area contributed by atoms with E-state index in [2.05, 4.69) is 241 Å². The van der Waals surface area contributed by atoms with Gasteiger partial charge in [0, 0.05) is 22.4 Å². The number of rotatable bonds is 8. The summed E-state index contributed by atoms with van der Waals surface area (Å²) in [7, 11) is 0. The van der Waals surface area contributed by atoms with Crippen molar-refractivity contribution in [1.82, 2.24) is 0 Å². The quantitative estimate of drug-likeness (QED) is 0.147. The summed E-state index contributed by atoms with van der Waals surface area (Å²) in [6.45, 7) is 0. The van der Waals surface area contributed by atoms with E-state index >= 15 is 0 Å². The number of anilines is 3. The predicted molar refractivity (Wildman–Crippen MR) is 294 cm³/mol. The van der Waals surface area contributed by atoms with E-state index in [1.54, 1.807) is 11.1 Å². The molecular weight excluding hydrogens is 843 g/mol. The topological polar surface area (TPSA) is 3.24 Å². The Morgan fingerprint density at radius 1 is 0.314 bits per heavy atom. The van der Waals surface area contributed by atoms with Crippen molar-refractivity contribution < 1.29 is 0 Å². The van der Waals surface area contributed by atoms with Crippen molar-refractivity contribution in [2.75, 3.05) is 4.90 Å². The van der Waals surface area contributed by atoms with Crippen LogP contribution in [0.15, 0.2) is 237 Å². The first kappa shape index (κ1) is 41.3. The highest BCUT2D eigenvalue weighted by Gasteiger charge is 2.60. The number of benzene rings is 10. The van der Waals surface area contributed by atoms with E-state index in [4.69, 9.17) is 0 Å². The third-order valence-electron chi connectivity index (χ3n) is 17.4. The predicted octanol–water partition coefficient (Wildman–Crippen LogP) is 18.8. The van der Waals surface area contributed by atoms with Gasteiger partial charge in [-0.1, -0.05) is 206 Å². The molecule has 10 aromatic carbocycles. The van der Waals surface area contributed by atoms with Crippen molar-refractivity contribution in [3.8, 4) is 66.8 Å². The zero-order valence-electron chi connectivity index (χ0n) is 39.5. The third-order valence-corrected chi connectivity index (χ3v) is 17.4. The molecule has 3 fully saturated rings. The molecule has 1 spiro atoms. The smallest absolute Gasteiger partial charge is 0.0540 e. The second kappa shape index (κ2) is 16.7. The monoisotopic (exact) mass is 897 g/mol. The molecule has 1 heteroatoms. The molecule has 0 radical (unpaired) electrons. The first-order chi connectivity index (χ1) is 34.7. The van der Waals surface area contributed by atoms with Crippen LogP contribution in [0.2, 0.25) is 0 Å². The second-order valence-electron chi connectivity index (χ2n) is 20.6. The van der Waals surface area contributed by atoms with Gasteiger partial charge in [-0.05, 0) is 176 Å². The van der Waals surface area contributed by atoms with Crippen molar-refractivity contribution in [2.45, 2.75) is 43.9 Å². The maximum atomic E-state index is 2.58. The van der Waals surface area contributed by atoms with E-state index in [1.165, 1.54) is 122 Å². The molecule has 70 heavy (non-hydrogen) atoms. The minimum Gasteiger partial charge on any atom is -0.310 e. The molecule has 0 amide bonds. The van der Waals surface area contributed by atoms with Crippen LogP contribution in [0.1, 0.15) is 49.7 Å². The molecule has 14 rings (SSSR count). The molecule has 1 nitrogen and oxygen atoms in total. The van der Waals surface area contributed by atoms with E-state index in [9.17, 15) is 0 Å². The summed E-state index contributed by atoms with van der Waals surface area (Å²) < 4.78 is 0. The van der Waals surface area contributed by atoms with Crippen LogP contribution < -0.4 is 4.90 Å². The highest BCUT2D eigenvalue weighted by Crippen LogP contribution is 2.68. The van der Waals surface area contributed by atoms with Gasteiger partial charge in [0.25, 0.3) is 0 Å². The van der Waals surface area contributed by atoms with Gasteiger partial charge in [0.2, 0.25) is 0 Å². The molecule has 0 heterocycles. The third kappa shape index (κ3) is 6.51. The first-order valence-electron chi connectivity index (χ1n) is 25.8. The van der Waals surface area contributed by atoms with E-state index < -0.39 is 0 Å². The molecular formula is C69H55N. The highest BCUT2D eigenvalue weighted by atomic mass is 15.1. The van der Waals surface area contributed by atoms with Crippen LogP contribution in [-0.2, 0) is 5.41 Å². The summed E-state index contributed by atoms with van der Waals surface area (Å²) in [6.07, 6.45) is 8.31. The van der Waals surface area contributed by atoms with Gasteiger partial charge in [-0.25, -0.2) is 0 Å². The lowest BCUT2D eigenvalue weighted by atomic mass is 9.45. The van der Waals surface area contributed by atoms with Crippen LogP contribution in [0.25, 0.3) is 77.5 Å². The van der Waals surface area contributed by atoms with Crippen molar-refractivity contribution in [3.63, 3.8) is 0 Å². The van der Waals surface area contributed by atoms with Crippen molar-refractivity contribution >= 4 is 27.8 Å². The number of hydrogen-bond donors (Lipinski definition) is 0. The van der Waals surface area contributed by atoms with E-state index in [1.807, 2.05) is 0 Å². The van der Waals surface area contributed by atoms with E-state index in [-0.39, 0.29) is 5.41 Å². The molecule has 0 N–H and O–H groups in total. The van der Waals surface area contributed by atoms with Gasteiger partial charge in [0.15, 0.2) is 0 Å². The summed E-state index contributed by atoms with van der Waals surface area (Å²) >= 11 is 0. The zero-order chi connectivity index (χ0) is 46.2. The SMILES string of the molecule is c1ccc(-c2ccccc2-c2ccccc2-c2ccccc2N(c2ccc(-c3ccc(-c4cccc5ccccc45)cc3)cc2)c2ccc3c(c2)-c2ccccc2C32C3CCC4CCC2CC4C3)cc1. The Morgan fingerprint density at radius 2 is 0.814 bits per heavy atom. The van der Waals surface area contributed by atoms with Gasteiger partial charge in [-0.2, -0.15) is 0 Å². The van der Waals surface area contributed by atoms with Gasteiger partial charge in [-0.3, -0.25) is 0 Å². The molecule has 4 aliphatic rings. The molecule has 0 aliphatic heterocycles. The average molecular weight is 898 g/mol. The fourth-order valence-electron chi connectivity index (χ4n) is 14.4. The minimum atomic E-state index is 0.102. The number of hydrogen-bond acceptors (Lipinski definition) is 1. The summed E-state index contributed by atoms with van der Waals surface area (Å²) in [6, 6.07) is 88.7. The lowest BCUT2D eigenvalue weighted by Gasteiger charge is -2.59. The average Bonchev–Trinajstić information content (AvgIpc) is 3.73. The van der Waals surface area contributed by atoms with Crippen LogP contribution in [-0.4, -0.2) is 0 Å². The maximum Gasteiger partial charge on any atom is 0.0540 e. The first-order valence-corrected chi connectivity index (χ1v) is 25.8. The minimum absolute atomic E-state index is 0.102. The van der Waals surface area contributed by atoms with Crippen LogP contribution >= 0.6 is 0 Å². The van der Waals surface area contributed by atoms with Gasteiger partial charge >= 0.3 is 0 Å². The maximum absolute atomic E-state index is 2.58. The molecule has 2 unspecified atom stereocenters. The van der Waals surface area contributed by atoms with Gasteiger partial charge < -0.3 is 4.90 Å². The van der Waals surface area contributed by atoms with E-state index in [0.29, 0.717) is 11.8 Å². The zero-order valence-corrected chi connectivity index (χ0v) is 39.5. The van der Waals surface area contributed by atoms with E-state index in [0.717, 1.165) is 23.2 Å².